The van der Waals surface area contributed by atoms with Gasteiger partial charge in [0.1, 0.15) is 19.1 Å². The van der Waals surface area contributed by atoms with Gasteiger partial charge in [-0.3, -0.25) is 0 Å². The summed E-state index contributed by atoms with van der Waals surface area (Å²) in [5, 5.41) is 31.7. The molecule has 0 heterocycles. The van der Waals surface area contributed by atoms with Gasteiger partial charge in [-0.05, 0) is 6.08 Å². The molecule has 0 aromatic heterocycles. The summed E-state index contributed by atoms with van der Waals surface area (Å²) in [6.07, 6.45) is -4.71. The monoisotopic (exact) mass is 324 g/mol. The van der Waals surface area contributed by atoms with Gasteiger partial charge in [0.2, 0.25) is 0 Å². The van der Waals surface area contributed by atoms with Crippen molar-refractivity contribution in [1.29, 1.82) is 0 Å². The van der Waals surface area contributed by atoms with E-state index in [4.69, 9.17) is 20.4 Å². The smallest absolute Gasteiger partial charge is 0.450 e. The highest BCUT2D eigenvalue weighted by Gasteiger charge is 2.11. The van der Waals surface area contributed by atoms with Gasteiger partial charge in [0.15, 0.2) is 6.10 Å². The average Bonchev–Trinajstić information content (AvgIpc) is 2.39. The quantitative estimate of drug-likeness (QED) is 0.240. The van der Waals surface area contributed by atoms with Gasteiger partial charge in [-0.15, -0.1) is 0 Å². The Hall–Kier alpha value is -3.44. The minimum atomic E-state index is -1.54. The Balaban J connectivity index is 0. The summed E-state index contributed by atoms with van der Waals surface area (Å²) in [5.41, 5.74) is 0. The fourth-order valence-electron chi connectivity index (χ4n) is 0.605. The van der Waals surface area contributed by atoms with Gasteiger partial charge in [0.25, 0.3) is 0 Å². The number of carbonyl (C=O) groups is 4. The van der Waals surface area contributed by atoms with Gasteiger partial charge in [-0.2, -0.15) is 0 Å². The van der Waals surface area contributed by atoms with Gasteiger partial charge in [-0.1, -0.05) is 6.58 Å². The van der Waals surface area contributed by atoms with Gasteiger partial charge in [0.05, 0.1) is 0 Å². The van der Waals surface area contributed by atoms with E-state index in [1.54, 1.807) is 0 Å². The van der Waals surface area contributed by atoms with Gasteiger partial charge >= 0.3 is 24.6 Å². The van der Waals surface area contributed by atoms with E-state index < -0.39 is 30.7 Å². The van der Waals surface area contributed by atoms with Crippen molar-refractivity contribution in [3.05, 3.63) is 25.2 Å². The number of rotatable bonds is 6. The molecule has 22 heavy (non-hydrogen) atoms. The van der Waals surface area contributed by atoms with Gasteiger partial charge in [0, 0.05) is 0 Å². The molecule has 0 aliphatic rings. The summed E-state index contributed by atoms with van der Waals surface area (Å²) in [6.45, 7) is 2.85. The minimum Gasteiger partial charge on any atom is -0.450 e. The van der Waals surface area contributed by atoms with Crippen LogP contribution in [0.5, 0.6) is 0 Å². The van der Waals surface area contributed by atoms with E-state index in [1.807, 2.05) is 0 Å². The Labute approximate surface area is 122 Å². The van der Waals surface area contributed by atoms with E-state index in [1.165, 1.54) is 0 Å². The van der Waals surface area contributed by atoms with E-state index in [-0.39, 0.29) is 6.61 Å². The fraction of sp³-hybridized carbons (Fsp3) is 0.200. The molecule has 0 aliphatic heterocycles. The molecular formula is C10H12O12. The van der Waals surface area contributed by atoms with Gasteiger partial charge < -0.3 is 39.4 Å². The summed E-state index contributed by atoms with van der Waals surface area (Å²) in [5.74, 6) is 0. The van der Waals surface area contributed by atoms with Crippen LogP contribution in [0.1, 0.15) is 0 Å². The van der Waals surface area contributed by atoms with Crippen molar-refractivity contribution in [3.8, 4) is 0 Å². The lowest BCUT2D eigenvalue weighted by Crippen LogP contribution is -2.21. The van der Waals surface area contributed by atoms with Crippen LogP contribution in [-0.2, 0) is 18.9 Å². The van der Waals surface area contributed by atoms with Crippen molar-refractivity contribution in [2.24, 2.45) is 0 Å². The molecule has 0 aliphatic carbocycles. The van der Waals surface area contributed by atoms with Crippen LogP contribution in [0.25, 0.3) is 0 Å². The van der Waals surface area contributed by atoms with Crippen LogP contribution >= 0.6 is 0 Å². The standard InChI is InChI=1S/C6H8O6.C4H4O6/c1-2-4(12-6(9)10)3-11-5(7)8;5-3(6)9-1-2-10-4(7)8/h2,4H,1,3H2,(H,7,8)(H,9,10);1-2H,(H,5,6)(H,7,8)/b;2-1+. The molecule has 4 N–H and O–H groups in total. The maximum Gasteiger partial charge on any atom is 0.510 e. The van der Waals surface area contributed by atoms with Crippen molar-refractivity contribution in [2.45, 2.75) is 6.10 Å². The Bertz CT molecular complexity index is 408. The Morgan fingerprint density at radius 1 is 0.864 bits per heavy atom. The Morgan fingerprint density at radius 2 is 1.32 bits per heavy atom. The summed E-state index contributed by atoms with van der Waals surface area (Å²) in [7, 11) is 0. The normalized spacial score (nSPS) is 10.4. The van der Waals surface area contributed by atoms with Crippen LogP contribution in [0.4, 0.5) is 19.2 Å². The maximum absolute atomic E-state index is 9.94. The molecule has 12 nitrogen and oxygen atoms in total. The molecule has 0 bridgehead atoms. The number of hydrogen-bond acceptors (Lipinski definition) is 8. The Kier molecular flexibility index (Phi) is 11.9. The minimum absolute atomic E-state index is 0.384. The molecule has 0 saturated heterocycles. The molecule has 0 saturated carbocycles. The molecule has 124 valence electrons. The fourth-order valence-corrected chi connectivity index (χ4v) is 0.605. The lowest BCUT2D eigenvalue weighted by atomic mass is 10.4. The van der Waals surface area contributed by atoms with E-state index >= 15 is 0 Å². The highest BCUT2D eigenvalue weighted by molar-refractivity contribution is 5.59. The first-order valence-electron chi connectivity index (χ1n) is 5.01. The number of hydrogen-bond donors (Lipinski definition) is 4. The number of carboxylic acid groups (broad SMARTS) is 4. The zero-order valence-corrected chi connectivity index (χ0v) is 10.8. The van der Waals surface area contributed by atoms with E-state index in [2.05, 4.69) is 25.5 Å². The second kappa shape index (κ2) is 12.6. The highest BCUT2D eigenvalue weighted by atomic mass is 16.7. The second-order valence-corrected chi connectivity index (χ2v) is 2.77. The first kappa shape index (κ1) is 20.9. The SMILES string of the molecule is C=CC(COC(=O)O)OC(=O)O.O=C(O)O/C=C/OC(=O)O. The van der Waals surface area contributed by atoms with Crippen molar-refractivity contribution in [1.82, 2.24) is 0 Å². The van der Waals surface area contributed by atoms with Crippen LogP contribution < -0.4 is 0 Å². The third kappa shape index (κ3) is 18.9. The lowest BCUT2D eigenvalue weighted by Gasteiger charge is -2.09. The van der Waals surface area contributed by atoms with Crippen molar-refractivity contribution in [3.63, 3.8) is 0 Å². The molecule has 1 atom stereocenters. The molecule has 12 heteroatoms. The third-order valence-electron chi connectivity index (χ3n) is 1.28. The van der Waals surface area contributed by atoms with Crippen LogP contribution in [0.3, 0.4) is 0 Å². The predicted octanol–water partition coefficient (Wildman–Crippen LogP) is 1.78. The molecule has 0 aromatic carbocycles. The Morgan fingerprint density at radius 3 is 1.59 bits per heavy atom. The van der Waals surface area contributed by atoms with Crippen LogP contribution in [0.15, 0.2) is 25.2 Å². The summed E-state index contributed by atoms with van der Waals surface area (Å²) in [6, 6.07) is 0. The third-order valence-corrected chi connectivity index (χ3v) is 1.28. The molecule has 0 fully saturated rings. The number of ether oxygens (including phenoxy) is 4. The highest BCUT2D eigenvalue weighted by Crippen LogP contribution is 1.95. The first-order valence-corrected chi connectivity index (χ1v) is 5.01. The molecule has 0 spiro atoms. The zero-order valence-electron chi connectivity index (χ0n) is 10.8. The summed E-state index contributed by atoms with van der Waals surface area (Å²) in [4.78, 5) is 38.9. The molecule has 0 rings (SSSR count). The van der Waals surface area contributed by atoms with Crippen LogP contribution in [0, 0.1) is 0 Å². The maximum atomic E-state index is 9.94. The topological polar surface area (TPSA) is 186 Å². The summed E-state index contributed by atoms with van der Waals surface area (Å²) >= 11 is 0. The van der Waals surface area contributed by atoms with E-state index in [0.717, 1.165) is 6.08 Å². The van der Waals surface area contributed by atoms with E-state index in [0.29, 0.717) is 12.5 Å². The summed E-state index contributed by atoms with van der Waals surface area (Å²) < 4.78 is 15.7. The van der Waals surface area contributed by atoms with Crippen molar-refractivity contribution >= 4 is 24.6 Å². The molecule has 1 unspecified atom stereocenters. The average molecular weight is 324 g/mol. The molecular weight excluding hydrogens is 312 g/mol. The van der Waals surface area contributed by atoms with E-state index in [9.17, 15) is 19.2 Å². The van der Waals surface area contributed by atoms with Crippen molar-refractivity contribution in [2.75, 3.05) is 6.61 Å². The first-order chi connectivity index (χ1) is 10.2. The largest absolute Gasteiger partial charge is 0.510 e. The molecule has 0 aromatic rings. The van der Waals surface area contributed by atoms with Crippen molar-refractivity contribution < 1.29 is 58.6 Å². The zero-order chi connectivity index (χ0) is 17.5. The lowest BCUT2D eigenvalue weighted by molar-refractivity contribution is 0.0226. The second-order valence-electron chi connectivity index (χ2n) is 2.77. The predicted molar refractivity (Wildman–Crippen MR) is 64.4 cm³/mol. The van der Waals surface area contributed by atoms with Crippen LogP contribution in [0.2, 0.25) is 0 Å². The molecule has 0 radical (unpaired) electrons. The van der Waals surface area contributed by atoms with Gasteiger partial charge in [-0.25, -0.2) is 19.2 Å². The van der Waals surface area contributed by atoms with Crippen LogP contribution in [-0.4, -0.2) is 57.8 Å². The molecule has 0 amide bonds.